The molecular weight excluding hydrogens is 413 g/mol. The number of hydrogen-bond acceptors (Lipinski definition) is 5. The molecule has 0 radical (unpaired) electrons. The molecule has 0 aliphatic rings. The summed E-state index contributed by atoms with van der Waals surface area (Å²) in [4.78, 5) is 12.6. The average molecular weight is 440 g/mol. The lowest BCUT2D eigenvalue weighted by Gasteiger charge is -2.29. The van der Waals surface area contributed by atoms with E-state index in [4.69, 9.17) is 11.6 Å². The molecule has 0 atom stereocenters. The zero-order valence-corrected chi connectivity index (χ0v) is 18.9. The molecule has 0 bridgehead atoms. The maximum atomic E-state index is 10.8. The lowest BCUT2D eigenvalue weighted by atomic mass is 10.1. The van der Waals surface area contributed by atoms with Gasteiger partial charge in [-0.15, -0.1) is 5.11 Å². The predicted octanol–water partition coefficient (Wildman–Crippen LogP) is 2.51. The van der Waals surface area contributed by atoms with Gasteiger partial charge in [0.25, 0.3) is 5.69 Å². The Kier molecular flexibility index (Phi) is 9.01. The van der Waals surface area contributed by atoms with Gasteiger partial charge in [-0.1, -0.05) is 11.6 Å². The molecule has 0 amide bonds. The fourth-order valence-electron chi connectivity index (χ4n) is 2.64. The third-order valence-corrected chi connectivity index (χ3v) is 4.68. The van der Waals surface area contributed by atoms with Crippen LogP contribution in [0.4, 0.5) is 22.7 Å². The Balaban J connectivity index is 0.00000420. The number of aryl methyl sites for hydroxylation is 1. The van der Waals surface area contributed by atoms with Crippen molar-refractivity contribution >= 4 is 34.4 Å². The minimum absolute atomic E-state index is 0. The second-order valence-electron chi connectivity index (χ2n) is 7.66. The lowest BCUT2D eigenvalue weighted by molar-refractivity contribution is -0.868. The van der Waals surface area contributed by atoms with Crippen LogP contribution in [0.3, 0.4) is 0 Å². The number of azo groups is 1. The van der Waals surface area contributed by atoms with E-state index in [1.165, 1.54) is 18.2 Å². The molecule has 0 saturated heterocycles. The van der Waals surface area contributed by atoms with Gasteiger partial charge in [-0.05, 0) is 43.7 Å². The second-order valence-corrected chi connectivity index (χ2v) is 8.06. The summed E-state index contributed by atoms with van der Waals surface area (Å²) in [6, 6.07) is 10.2. The van der Waals surface area contributed by atoms with E-state index in [9.17, 15) is 10.1 Å². The molecule has 0 N–H and O–H groups in total. The fourth-order valence-corrected chi connectivity index (χ4v) is 2.85. The molecule has 0 aromatic heterocycles. The minimum atomic E-state index is -0.492. The van der Waals surface area contributed by atoms with Gasteiger partial charge < -0.3 is 21.8 Å². The molecule has 0 heterocycles. The van der Waals surface area contributed by atoms with Gasteiger partial charge in [0.05, 0.1) is 49.9 Å². The van der Waals surface area contributed by atoms with E-state index >= 15 is 0 Å². The molecule has 2 rings (SSSR count). The quantitative estimate of drug-likeness (QED) is 0.274. The van der Waals surface area contributed by atoms with E-state index < -0.39 is 4.92 Å². The van der Waals surface area contributed by atoms with Crippen LogP contribution in [0.15, 0.2) is 46.6 Å². The number of non-ortho nitro benzene ring substituents is 1. The van der Waals surface area contributed by atoms with E-state index in [0.717, 1.165) is 41.1 Å². The van der Waals surface area contributed by atoms with E-state index in [1.807, 2.05) is 19.1 Å². The highest BCUT2D eigenvalue weighted by atomic mass is 35.5. The van der Waals surface area contributed by atoms with Gasteiger partial charge in [-0.25, -0.2) is 0 Å². The van der Waals surface area contributed by atoms with Crippen molar-refractivity contribution in [1.82, 2.24) is 0 Å². The van der Waals surface area contributed by atoms with E-state index in [0.29, 0.717) is 5.69 Å². The first-order chi connectivity index (χ1) is 13.1. The van der Waals surface area contributed by atoms with Crippen molar-refractivity contribution in [3.05, 3.63) is 57.1 Å². The van der Waals surface area contributed by atoms with Crippen LogP contribution < -0.4 is 17.3 Å². The van der Waals surface area contributed by atoms with Crippen LogP contribution in [0, 0.1) is 17.0 Å². The molecule has 0 aliphatic heterocycles. The largest absolute Gasteiger partial charge is 1.00 e. The van der Waals surface area contributed by atoms with E-state index in [-0.39, 0.29) is 23.1 Å². The topological polar surface area (TPSA) is 71.1 Å². The summed E-state index contributed by atoms with van der Waals surface area (Å²) in [5, 5.41) is 19.4. The van der Waals surface area contributed by atoms with Crippen molar-refractivity contribution in [3.63, 3.8) is 0 Å². The van der Waals surface area contributed by atoms with Crippen LogP contribution in [0.25, 0.3) is 0 Å². The first-order valence-corrected chi connectivity index (χ1v) is 9.50. The Bertz CT molecular complexity index is 882. The molecule has 29 heavy (non-hydrogen) atoms. The van der Waals surface area contributed by atoms with Crippen LogP contribution in [0.1, 0.15) is 12.5 Å². The van der Waals surface area contributed by atoms with Crippen molar-refractivity contribution < 1.29 is 21.8 Å². The van der Waals surface area contributed by atoms with Crippen LogP contribution in [0.2, 0.25) is 5.02 Å². The van der Waals surface area contributed by atoms with Gasteiger partial charge in [0.15, 0.2) is 0 Å². The fraction of sp³-hybridized carbons (Fsp3) is 0.400. The van der Waals surface area contributed by atoms with Gasteiger partial charge >= 0.3 is 0 Å². The molecule has 0 saturated carbocycles. The number of nitro groups is 1. The molecule has 2 aromatic rings. The number of rotatable bonds is 8. The maximum absolute atomic E-state index is 10.8. The number of hydrogen-bond donors (Lipinski definition) is 0. The lowest BCUT2D eigenvalue weighted by Crippen LogP contribution is -3.00. The first kappa shape index (κ1) is 24.8. The van der Waals surface area contributed by atoms with Crippen molar-refractivity contribution in [2.45, 2.75) is 13.8 Å². The van der Waals surface area contributed by atoms with Crippen LogP contribution in [0.5, 0.6) is 0 Å². The summed E-state index contributed by atoms with van der Waals surface area (Å²) in [6.45, 7) is 7.09. The average Bonchev–Trinajstić information content (AvgIpc) is 2.61. The number of quaternary nitrogens is 1. The van der Waals surface area contributed by atoms with Crippen molar-refractivity contribution in [2.75, 3.05) is 45.7 Å². The number of halogens is 2. The molecule has 158 valence electrons. The Morgan fingerprint density at radius 3 is 2.24 bits per heavy atom. The molecule has 0 fully saturated rings. The number of nitrogens with zero attached hydrogens (tertiary/aromatic N) is 5. The highest BCUT2D eigenvalue weighted by Gasteiger charge is 2.13. The van der Waals surface area contributed by atoms with Gasteiger partial charge in [0.2, 0.25) is 0 Å². The van der Waals surface area contributed by atoms with Gasteiger partial charge in [-0.2, -0.15) is 5.11 Å². The third-order valence-electron chi connectivity index (χ3n) is 4.38. The van der Waals surface area contributed by atoms with Crippen LogP contribution in [-0.4, -0.2) is 50.2 Å². The first-order valence-electron chi connectivity index (χ1n) is 9.12. The zero-order chi connectivity index (χ0) is 20.9. The SMILES string of the molecule is CCN(CC[N+](C)(C)C)c1ccc(N=Nc2ccc([N+](=O)[O-])cc2Cl)c(C)c1.[Cl-]. The highest BCUT2D eigenvalue weighted by molar-refractivity contribution is 6.33. The molecule has 0 unspecified atom stereocenters. The van der Waals surface area contributed by atoms with Crippen LogP contribution in [-0.2, 0) is 0 Å². The smallest absolute Gasteiger partial charge is 0.271 e. The normalized spacial score (nSPS) is 11.4. The summed E-state index contributed by atoms with van der Waals surface area (Å²) in [5.74, 6) is 0. The second kappa shape index (κ2) is 10.5. The molecule has 2 aromatic carbocycles. The monoisotopic (exact) mass is 439 g/mol. The highest BCUT2D eigenvalue weighted by Crippen LogP contribution is 2.32. The number of benzene rings is 2. The Hall–Kier alpha value is -2.22. The number of anilines is 1. The van der Waals surface area contributed by atoms with Crippen molar-refractivity contribution in [2.24, 2.45) is 10.2 Å². The molecule has 9 heteroatoms. The zero-order valence-electron chi connectivity index (χ0n) is 17.4. The third kappa shape index (κ3) is 7.27. The summed E-state index contributed by atoms with van der Waals surface area (Å²) >= 11 is 6.07. The summed E-state index contributed by atoms with van der Waals surface area (Å²) in [6.07, 6.45) is 0. The molecule has 7 nitrogen and oxygen atoms in total. The standard InChI is InChI=1S/C20H27ClN5O2.ClH/c1-6-24(11-12-26(3,4)5)16-7-9-19(15(2)13-16)22-23-20-10-8-17(25(27)28)14-18(20)21;/h7-10,13-14H,6,11-12H2,1-5H3;1H/q+1;/p-1. The molecule has 0 spiro atoms. The number of likely N-dealkylation sites (N-methyl/N-ethyl adjacent to an activating group) is 2. The summed E-state index contributed by atoms with van der Waals surface area (Å²) < 4.78 is 0.914. The van der Waals surface area contributed by atoms with E-state index in [2.05, 4.69) is 49.3 Å². The Morgan fingerprint density at radius 1 is 1.10 bits per heavy atom. The van der Waals surface area contributed by atoms with Gasteiger partial charge in [-0.3, -0.25) is 10.1 Å². The summed E-state index contributed by atoms with van der Waals surface area (Å²) in [7, 11) is 6.56. The molecule has 0 aliphatic carbocycles. The summed E-state index contributed by atoms with van der Waals surface area (Å²) in [5.41, 5.74) is 3.22. The Morgan fingerprint density at radius 2 is 1.72 bits per heavy atom. The maximum Gasteiger partial charge on any atom is 0.271 e. The minimum Gasteiger partial charge on any atom is -1.00 e. The van der Waals surface area contributed by atoms with Crippen molar-refractivity contribution in [3.8, 4) is 0 Å². The molecular formula is C20H27Cl2N5O2. The Labute approximate surface area is 183 Å². The van der Waals surface area contributed by atoms with Gasteiger partial charge in [0, 0.05) is 24.4 Å². The van der Waals surface area contributed by atoms with E-state index in [1.54, 1.807) is 0 Å². The van der Waals surface area contributed by atoms with Crippen LogP contribution >= 0.6 is 11.6 Å². The number of nitro benzene ring substituents is 1. The van der Waals surface area contributed by atoms with Crippen molar-refractivity contribution in [1.29, 1.82) is 0 Å². The van der Waals surface area contributed by atoms with Gasteiger partial charge in [0.1, 0.15) is 5.69 Å². The predicted molar refractivity (Wildman–Crippen MR) is 114 cm³/mol.